The third-order valence-electron chi connectivity index (χ3n) is 6.58. The number of nitrogens with one attached hydrogen (secondary N) is 1. The third-order valence-corrected chi connectivity index (χ3v) is 6.58. The first kappa shape index (κ1) is 22.8. The van der Waals surface area contributed by atoms with Crippen LogP contribution in [0.15, 0.2) is 79.0 Å². The van der Waals surface area contributed by atoms with Crippen molar-refractivity contribution in [3.05, 3.63) is 90.1 Å². The van der Waals surface area contributed by atoms with Crippen LogP contribution in [0.25, 0.3) is 10.9 Å². The summed E-state index contributed by atoms with van der Waals surface area (Å²) in [5.74, 6) is 0.694. The number of carboxylic acid groups (broad SMARTS) is 1. The number of fused-ring (bicyclic) bond motifs is 1. The van der Waals surface area contributed by atoms with Gasteiger partial charge < -0.3 is 24.5 Å². The summed E-state index contributed by atoms with van der Waals surface area (Å²) in [7, 11) is 1.66. The molecule has 35 heavy (non-hydrogen) atoms. The molecule has 3 aromatic carbocycles. The number of H-pyrrole nitrogens is 1. The van der Waals surface area contributed by atoms with E-state index in [0.717, 1.165) is 52.3 Å². The van der Waals surface area contributed by atoms with Gasteiger partial charge in [-0.2, -0.15) is 0 Å². The number of aliphatic carboxylic acids is 1. The first-order chi connectivity index (χ1) is 17.1. The van der Waals surface area contributed by atoms with Crippen LogP contribution in [0.1, 0.15) is 17.2 Å². The lowest BCUT2D eigenvalue weighted by Gasteiger charge is -2.38. The van der Waals surface area contributed by atoms with Crippen molar-refractivity contribution in [3.8, 4) is 11.5 Å². The topological polar surface area (TPSA) is 78.0 Å². The number of benzene rings is 3. The summed E-state index contributed by atoms with van der Waals surface area (Å²) in [6.07, 6.45) is 1.82. The van der Waals surface area contributed by atoms with Crippen LogP contribution < -0.4 is 14.4 Å². The highest BCUT2D eigenvalue weighted by atomic mass is 16.5. The average Bonchev–Trinajstić information content (AvgIpc) is 3.31. The van der Waals surface area contributed by atoms with Crippen molar-refractivity contribution in [2.75, 3.05) is 38.2 Å². The maximum absolute atomic E-state index is 12.4. The fraction of sp³-hybridized carbons (Fsp3) is 0.250. The number of rotatable bonds is 8. The van der Waals surface area contributed by atoms with Gasteiger partial charge in [0.15, 0.2) is 0 Å². The quantitative estimate of drug-likeness (QED) is 0.388. The van der Waals surface area contributed by atoms with Gasteiger partial charge >= 0.3 is 5.97 Å². The number of carbonyl (C=O) groups is 1. The molecule has 0 bridgehead atoms. The first-order valence-electron chi connectivity index (χ1n) is 11.8. The highest BCUT2D eigenvalue weighted by Crippen LogP contribution is 2.32. The Morgan fingerprint density at radius 1 is 0.971 bits per heavy atom. The largest absolute Gasteiger partial charge is 0.497 e. The normalized spacial score (nSPS) is 15.2. The van der Waals surface area contributed by atoms with Gasteiger partial charge in [0, 0.05) is 54.5 Å². The minimum atomic E-state index is -0.848. The van der Waals surface area contributed by atoms with Gasteiger partial charge in [-0.25, -0.2) is 0 Å². The molecular formula is C28H29N3O4. The third kappa shape index (κ3) is 4.95. The van der Waals surface area contributed by atoms with Gasteiger partial charge in [-0.15, -0.1) is 0 Å². The van der Waals surface area contributed by atoms with E-state index >= 15 is 0 Å². The number of ether oxygens (including phenoxy) is 2. The second-order valence-corrected chi connectivity index (χ2v) is 8.69. The van der Waals surface area contributed by atoms with Crippen LogP contribution in [0.4, 0.5) is 5.69 Å². The smallest absolute Gasteiger partial charge is 0.325 e. The van der Waals surface area contributed by atoms with Crippen molar-refractivity contribution in [3.63, 3.8) is 0 Å². The molecule has 0 amide bonds. The van der Waals surface area contributed by atoms with E-state index in [0.29, 0.717) is 19.7 Å². The second-order valence-electron chi connectivity index (χ2n) is 8.69. The number of anilines is 1. The zero-order valence-corrected chi connectivity index (χ0v) is 19.7. The number of carboxylic acids is 1. The number of hydrogen-bond acceptors (Lipinski definition) is 5. The lowest BCUT2D eigenvalue weighted by Crippen LogP contribution is -2.49. The Morgan fingerprint density at radius 3 is 2.37 bits per heavy atom. The molecule has 1 aromatic heterocycles. The first-order valence-corrected chi connectivity index (χ1v) is 11.8. The molecular weight excluding hydrogens is 442 g/mol. The molecule has 7 heteroatoms. The molecule has 0 radical (unpaired) electrons. The maximum atomic E-state index is 12.4. The van der Waals surface area contributed by atoms with E-state index in [9.17, 15) is 9.90 Å². The van der Waals surface area contributed by atoms with Gasteiger partial charge in [-0.1, -0.05) is 30.3 Å². The molecule has 4 aromatic rings. The van der Waals surface area contributed by atoms with Gasteiger partial charge in [0.1, 0.15) is 24.1 Å². The fourth-order valence-corrected chi connectivity index (χ4v) is 4.70. The molecule has 2 N–H and O–H groups in total. The van der Waals surface area contributed by atoms with Gasteiger partial charge in [-0.3, -0.25) is 9.69 Å². The summed E-state index contributed by atoms with van der Waals surface area (Å²) < 4.78 is 11.2. The lowest BCUT2D eigenvalue weighted by molar-refractivity contribution is -0.143. The van der Waals surface area contributed by atoms with E-state index < -0.39 is 12.0 Å². The summed E-state index contributed by atoms with van der Waals surface area (Å²) in [6.45, 7) is 3.27. The SMILES string of the molecule is COc1ccc(N2CCN([C@@H](C(=O)O)c3c[nH]c4ccc(OCc5ccccc5)cc34)CC2)cc1. The fourth-order valence-electron chi connectivity index (χ4n) is 4.70. The van der Waals surface area contributed by atoms with E-state index in [4.69, 9.17) is 9.47 Å². The molecule has 1 aliphatic heterocycles. The van der Waals surface area contributed by atoms with E-state index in [-0.39, 0.29) is 0 Å². The maximum Gasteiger partial charge on any atom is 0.325 e. The molecule has 1 aliphatic rings. The molecule has 2 heterocycles. The zero-order valence-electron chi connectivity index (χ0n) is 19.7. The molecule has 1 atom stereocenters. The van der Waals surface area contributed by atoms with E-state index in [1.54, 1.807) is 7.11 Å². The summed E-state index contributed by atoms with van der Waals surface area (Å²) in [5.41, 5.74) is 3.86. The molecule has 7 nitrogen and oxygen atoms in total. The van der Waals surface area contributed by atoms with Gasteiger partial charge in [0.05, 0.1) is 7.11 Å². The number of nitrogens with zero attached hydrogens (tertiary/aromatic N) is 2. The molecule has 1 fully saturated rings. The predicted octanol–water partition coefficient (Wildman–Crippen LogP) is 4.70. The molecule has 0 saturated carbocycles. The Hall–Kier alpha value is -3.97. The number of methoxy groups -OCH3 is 1. The summed E-state index contributed by atoms with van der Waals surface area (Å²) in [4.78, 5) is 20.0. The number of aromatic amines is 1. The summed E-state index contributed by atoms with van der Waals surface area (Å²) in [5, 5.41) is 11.1. The highest BCUT2D eigenvalue weighted by molar-refractivity contribution is 5.90. The summed E-state index contributed by atoms with van der Waals surface area (Å²) in [6, 6.07) is 23.0. The zero-order chi connectivity index (χ0) is 24.2. The van der Waals surface area contributed by atoms with Crippen molar-refractivity contribution >= 4 is 22.6 Å². The lowest BCUT2D eigenvalue weighted by atomic mass is 10.0. The molecule has 0 unspecified atom stereocenters. The van der Waals surface area contributed by atoms with Crippen molar-refractivity contribution < 1.29 is 19.4 Å². The number of hydrogen-bond donors (Lipinski definition) is 2. The molecule has 180 valence electrons. The van der Waals surface area contributed by atoms with Gasteiger partial charge in [0.25, 0.3) is 0 Å². The van der Waals surface area contributed by atoms with Crippen molar-refractivity contribution in [2.45, 2.75) is 12.6 Å². The standard InChI is InChI=1S/C28H29N3O4/c1-34-22-9-7-21(8-10-22)30-13-15-31(16-14-30)27(28(32)33)25-18-29-26-12-11-23(17-24(25)26)35-19-20-5-3-2-4-6-20/h2-12,17-18,27,29H,13-16,19H2,1H3,(H,32,33)/t27-/m1/s1. The van der Waals surface area contributed by atoms with Crippen LogP contribution in [0.3, 0.4) is 0 Å². The average molecular weight is 472 g/mol. The van der Waals surface area contributed by atoms with Crippen LogP contribution in [-0.2, 0) is 11.4 Å². The Kier molecular flexibility index (Phi) is 6.59. The second kappa shape index (κ2) is 10.1. The minimum Gasteiger partial charge on any atom is -0.497 e. The molecule has 1 saturated heterocycles. The minimum absolute atomic E-state index is 0.460. The van der Waals surface area contributed by atoms with Crippen molar-refractivity contribution in [2.24, 2.45) is 0 Å². The van der Waals surface area contributed by atoms with E-state index in [1.807, 2.05) is 83.9 Å². The monoisotopic (exact) mass is 471 g/mol. The number of aromatic nitrogens is 1. The summed E-state index contributed by atoms with van der Waals surface area (Å²) >= 11 is 0. The number of piperazine rings is 1. The Labute approximate surface area is 204 Å². The van der Waals surface area contributed by atoms with E-state index in [2.05, 4.69) is 9.88 Å². The highest BCUT2D eigenvalue weighted by Gasteiger charge is 2.32. The van der Waals surface area contributed by atoms with Crippen molar-refractivity contribution in [1.82, 2.24) is 9.88 Å². The Balaban J connectivity index is 1.32. The van der Waals surface area contributed by atoms with E-state index in [1.165, 1.54) is 0 Å². The Morgan fingerprint density at radius 2 is 1.69 bits per heavy atom. The van der Waals surface area contributed by atoms with Gasteiger partial charge in [0.2, 0.25) is 0 Å². The van der Waals surface area contributed by atoms with Crippen LogP contribution >= 0.6 is 0 Å². The van der Waals surface area contributed by atoms with Crippen LogP contribution in [0, 0.1) is 0 Å². The van der Waals surface area contributed by atoms with Crippen molar-refractivity contribution in [1.29, 1.82) is 0 Å². The Bertz CT molecular complexity index is 1280. The van der Waals surface area contributed by atoms with Crippen LogP contribution in [0.5, 0.6) is 11.5 Å². The molecule has 0 spiro atoms. The van der Waals surface area contributed by atoms with Crippen LogP contribution in [-0.4, -0.2) is 54.2 Å². The molecule has 5 rings (SSSR count). The predicted molar refractivity (Wildman–Crippen MR) is 136 cm³/mol. The van der Waals surface area contributed by atoms with Gasteiger partial charge in [-0.05, 0) is 48.0 Å². The van der Waals surface area contributed by atoms with Crippen LogP contribution in [0.2, 0.25) is 0 Å². The molecule has 0 aliphatic carbocycles.